The van der Waals surface area contributed by atoms with E-state index < -0.39 is 12.1 Å². The van der Waals surface area contributed by atoms with Gasteiger partial charge in [-0.2, -0.15) is 0 Å². The van der Waals surface area contributed by atoms with Gasteiger partial charge in [-0.15, -0.1) is 0 Å². The van der Waals surface area contributed by atoms with Gasteiger partial charge in [0, 0.05) is 0 Å². The lowest BCUT2D eigenvalue weighted by Gasteiger charge is -2.05. The maximum atomic E-state index is 10.6. The third-order valence-electron chi connectivity index (χ3n) is 3.46. The Morgan fingerprint density at radius 2 is 1.38 bits per heavy atom. The van der Waals surface area contributed by atoms with Gasteiger partial charge in [0.25, 0.3) is 0 Å². The zero-order valence-electron chi connectivity index (χ0n) is 14.8. The largest absolute Gasteiger partial charge is 0.479 e. The van der Waals surface area contributed by atoms with Crippen molar-refractivity contribution in [1.82, 2.24) is 0 Å². The zero-order chi connectivity index (χ0) is 17.9. The fraction of sp³-hybridized carbons (Fsp3) is 0.550. The molecule has 0 saturated carbocycles. The topological polar surface area (TPSA) is 66.8 Å². The van der Waals surface area contributed by atoms with E-state index in [1.807, 2.05) is 12.2 Å². The molecule has 1 atom stereocenters. The number of allylic oxidation sites excluding steroid dienone is 8. The summed E-state index contributed by atoms with van der Waals surface area (Å²) in [7, 11) is 0. The summed E-state index contributed by atoms with van der Waals surface area (Å²) >= 11 is 0. The standard InChI is InChI=1S/C20H32O4/c1-2-3-4-5-6-7-8-9-10-11-12-13-14-15-16-17-18-19(24-23)20(21)22/h6-7,9-10,12-13,15-16,19,23H,2-5,8,11,14,17-18H2,1H3,(H,21,22). The van der Waals surface area contributed by atoms with E-state index >= 15 is 0 Å². The highest BCUT2D eigenvalue weighted by molar-refractivity contribution is 5.72. The first-order valence-electron chi connectivity index (χ1n) is 8.85. The van der Waals surface area contributed by atoms with Crippen LogP contribution in [-0.2, 0) is 9.68 Å². The Labute approximate surface area is 146 Å². The minimum Gasteiger partial charge on any atom is -0.479 e. The predicted molar refractivity (Wildman–Crippen MR) is 98.9 cm³/mol. The first-order valence-corrected chi connectivity index (χ1v) is 8.85. The molecular weight excluding hydrogens is 304 g/mol. The van der Waals surface area contributed by atoms with E-state index in [1.165, 1.54) is 25.7 Å². The summed E-state index contributed by atoms with van der Waals surface area (Å²) in [6, 6.07) is 0. The maximum absolute atomic E-state index is 10.6. The minimum atomic E-state index is -1.15. The molecule has 0 fully saturated rings. The van der Waals surface area contributed by atoms with E-state index in [2.05, 4.69) is 48.3 Å². The van der Waals surface area contributed by atoms with Crippen LogP contribution < -0.4 is 0 Å². The van der Waals surface area contributed by atoms with Crippen molar-refractivity contribution in [1.29, 1.82) is 0 Å². The smallest absolute Gasteiger partial charge is 0.336 e. The Morgan fingerprint density at radius 3 is 1.83 bits per heavy atom. The molecule has 0 aromatic rings. The van der Waals surface area contributed by atoms with Crippen molar-refractivity contribution in [2.24, 2.45) is 0 Å². The van der Waals surface area contributed by atoms with E-state index in [0.717, 1.165) is 19.3 Å². The average molecular weight is 336 g/mol. The average Bonchev–Trinajstić information content (AvgIpc) is 2.57. The van der Waals surface area contributed by atoms with E-state index in [0.29, 0.717) is 6.42 Å². The second-order valence-corrected chi connectivity index (χ2v) is 5.60. The normalized spacial score (nSPS) is 13.8. The van der Waals surface area contributed by atoms with Gasteiger partial charge in [0.05, 0.1) is 0 Å². The van der Waals surface area contributed by atoms with Crippen molar-refractivity contribution in [3.63, 3.8) is 0 Å². The Bertz CT molecular complexity index is 408. The van der Waals surface area contributed by atoms with Gasteiger partial charge in [0.1, 0.15) is 0 Å². The van der Waals surface area contributed by atoms with Gasteiger partial charge in [-0.25, -0.2) is 9.68 Å². The van der Waals surface area contributed by atoms with Crippen LogP contribution in [0.25, 0.3) is 0 Å². The molecule has 0 radical (unpaired) electrons. The van der Waals surface area contributed by atoms with Crippen LogP contribution >= 0.6 is 0 Å². The summed E-state index contributed by atoms with van der Waals surface area (Å²) in [5.41, 5.74) is 0. The molecule has 0 spiro atoms. The van der Waals surface area contributed by atoms with Crippen molar-refractivity contribution in [2.45, 2.75) is 70.8 Å². The number of carboxylic acid groups (broad SMARTS) is 1. The summed E-state index contributed by atoms with van der Waals surface area (Å²) in [5, 5.41) is 17.1. The van der Waals surface area contributed by atoms with Crippen LogP contribution in [0.4, 0.5) is 0 Å². The number of aliphatic carboxylic acids is 1. The number of hydrogen-bond donors (Lipinski definition) is 2. The fourth-order valence-electron chi connectivity index (χ4n) is 2.03. The molecule has 0 rings (SSSR count). The molecule has 0 aliphatic carbocycles. The first-order chi connectivity index (χ1) is 11.7. The van der Waals surface area contributed by atoms with E-state index in [4.69, 9.17) is 10.4 Å². The lowest BCUT2D eigenvalue weighted by Crippen LogP contribution is -2.21. The van der Waals surface area contributed by atoms with Gasteiger partial charge in [-0.05, 0) is 44.9 Å². The number of unbranched alkanes of at least 4 members (excludes halogenated alkanes) is 3. The Kier molecular flexibility index (Phi) is 16.5. The van der Waals surface area contributed by atoms with Crippen molar-refractivity contribution >= 4 is 5.97 Å². The van der Waals surface area contributed by atoms with Gasteiger partial charge in [-0.1, -0.05) is 68.4 Å². The molecular formula is C20H32O4. The van der Waals surface area contributed by atoms with Gasteiger partial charge in [0.15, 0.2) is 6.10 Å². The highest BCUT2D eigenvalue weighted by atomic mass is 17.1. The first kappa shape index (κ1) is 22.4. The SMILES string of the molecule is CCCCCC=CCC=CCC=CCC=CCCC(OO)C(=O)O. The van der Waals surface area contributed by atoms with Crippen LogP contribution in [0.5, 0.6) is 0 Å². The molecule has 4 heteroatoms. The monoisotopic (exact) mass is 336 g/mol. The van der Waals surface area contributed by atoms with Crippen molar-refractivity contribution in [2.75, 3.05) is 0 Å². The molecule has 0 heterocycles. The number of hydrogen-bond acceptors (Lipinski definition) is 3. The minimum absolute atomic E-state index is 0.265. The molecule has 1 unspecified atom stereocenters. The summed E-state index contributed by atoms with van der Waals surface area (Å²) in [6.07, 6.45) is 24.4. The molecule has 0 bridgehead atoms. The summed E-state index contributed by atoms with van der Waals surface area (Å²) in [4.78, 5) is 14.5. The van der Waals surface area contributed by atoms with Crippen LogP contribution in [0.1, 0.15) is 64.7 Å². The molecule has 0 aliphatic heterocycles. The molecule has 0 amide bonds. The van der Waals surface area contributed by atoms with Gasteiger partial charge >= 0.3 is 5.97 Å². The predicted octanol–water partition coefficient (Wildman–Crippen LogP) is 5.68. The van der Waals surface area contributed by atoms with Crippen molar-refractivity contribution < 1.29 is 20.0 Å². The Morgan fingerprint density at radius 1 is 0.875 bits per heavy atom. The Hall–Kier alpha value is -1.65. The highest BCUT2D eigenvalue weighted by Crippen LogP contribution is 2.03. The molecule has 136 valence electrons. The zero-order valence-corrected chi connectivity index (χ0v) is 14.8. The molecule has 24 heavy (non-hydrogen) atoms. The van der Waals surface area contributed by atoms with E-state index in [-0.39, 0.29) is 6.42 Å². The van der Waals surface area contributed by atoms with Crippen LogP contribution in [0, 0.1) is 0 Å². The van der Waals surface area contributed by atoms with Crippen molar-refractivity contribution in [3.05, 3.63) is 48.6 Å². The quantitative estimate of drug-likeness (QED) is 0.175. The van der Waals surface area contributed by atoms with Crippen LogP contribution in [0.2, 0.25) is 0 Å². The van der Waals surface area contributed by atoms with Gasteiger partial charge < -0.3 is 5.11 Å². The third kappa shape index (κ3) is 15.3. The lowest BCUT2D eigenvalue weighted by molar-refractivity contribution is -0.277. The molecule has 0 aliphatic rings. The fourth-order valence-corrected chi connectivity index (χ4v) is 2.03. The lowest BCUT2D eigenvalue weighted by atomic mass is 10.2. The number of carbonyl (C=O) groups is 1. The summed E-state index contributed by atoms with van der Waals surface area (Å²) in [5.74, 6) is -1.15. The summed E-state index contributed by atoms with van der Waals surface area (Å²) < 4.78 is 0. The molecule has 0 aromatic carbocycles. The van der Waals surface area contributed by atoms with Gasteiger partial charge in [0.2, 0.25) is 0 Å². The number of carboxylic acids is 1. The van der Waals surface area contributed by atoms with Crippen LogP contribution in [0.3, 0.4) is 0 Å². The van der Waals surface area contributed by atoms with E-state index in [9.17, 15) is 4.79 Å². The highest BCUT2D eigenvalue weighted by Gasteiger charge is 2.16. The number of rotatable bonds is 15. The van der Waals surface area contributed by atoms with Crippen molar-refractivity contribution in [3.8, 4) is 0 Å². The molecule has 2 N–H and O–H groups in total. The van der Waals surface area contributed by atoms with Crippen LogP contribution in [0.15, 0.2) is 48.6 Å². The summed E-state index contributed by atoms with van der Waals surface area (Å²) in [6.45, 7) is 2.22. The van der Waals surface area contributed by atoms with E-state index in [1.54, 1.807) is 0 Å². The second kappa shape index (κ2) is 17.7. The third-order valence-corrected chi connectivity index (χ3v) is 3.46. The Balaban J connectivity index is 3.56. The van der Waals surface area contributed by atoms with Gasteiger partial charge in [-0.3, -0.25) is 5.26 Å². The molecule has 0 saturated heterocycles. The molecule has 4 nitrogen and oxygen atoms in total. The molecule has 0 aromatic heterocycles. The maximum Gasteiger partial charge on any atom is 0.336 e. The second-order valence-electron chi connectivity index (χ2n) is 5.60. The van der Waals surface area contributed by atoms with Crippen LogP contribution in [-0.4, -0.2) is 22.4 Å².